The lowest BCUT2D eigenvalue weighted by Crippen LogP contribution is -2.26. The molecule has 1 aromatic heterocycles. The molecule has 1 aliphatic carbocycles. The van der Waals surface area contributed by atoms with E-state index in [2.05, 4.69) is 44.3 Å². The van der Waals surface area contributed by atoms with Crippen molar-refractivity contribution in [3.05, 3.63) is 64.0 Å². The molecule has 3 aromatic rings. The minimum atomic E-state index is -0.0691. The minimum absolute atomic E-state index is 0.0691. The largest absolute Gasteiger partial charge is 0.339 e. The monoisotopic (exact) mass is 437 g/mol. The highest BCUT2D eigenvalue weighted by Crippen LogP contribution is 2.36. The lowest BCUT2D eigenvalue weighted by Gasteiger charge is -2.25. The predicted molar refractivity (Wildman–Crippen MR) is 110 cm³/mol. The van der Waals surface area contributed by atoms with Gasteiger partial charge >= 0.3 is 0 Å². The van der Waals surface area contributed by atoms with Crippen molar-refractivity contribution in [1.82, 2.24) is 10.1 Å². The molecule has 1 unspecified atom stereocenters. The number of anilines is 1. The quantitative estimate of drug-likeness (QED) is 0.584. The molecule has 2 aromatic carbocycles. The van der Waals surface area contributed by atoms with E-state index in [1.807, 2.05) is 29.2 Å². The van der Waals surface area contributed by atoms with Crippen LogP contribution < -0.4 is 4.90 Å². The minimum Gasteiger partial charge on any atom is -0.339 e. The number of carbonyl (C=O) groups excluding carboxylic acids is 1. The number of nitrogens with zero attached hydrogens (tertiary/aromatic N) is 3. The third kappa shape index (κ3) is 3.15. The average Bonchev–Trinajstić information content (AvgIpc) is 3.34. The SMILES string of the molecule is O=C1CC(c2nc(-c3cccc(Br)c3)no2)CN1c1cccc2c1CCCC2. The van der Waals surface area contributed by atoms with Gasteiger partial charge in [-0.2, -0.15) is 4.98 Å². The maximum absolute atomic E-state index is 12.8. The first-order valence-corrected chi connectivity index (χ1v) is 10.5. The van der Waals surface area contributed by atoms with E-state index in [-0.39, 0.29) is 11.8 Å². The van der Waals surface area contributed by atoms with Crippen LogP contribution in [0.25, 0.3) is 11.4 Å². The maximum Gasteiger partial charge on any atom is 0.232 e. The van der Waals surface area contributed by atoms with Crippen molar-refractivity contribution in [2.24, 2.45) is 0 Å². The zero-order valence-corrected chi connectivity index (χ0v) is 17.0. The summed E-state index contributed by atoms with van der Waals surface area (Å²) in [5.41, 5.74) is 4.68. The summed E-state index contributed by atoms with van der Waals surface area (Å²) < 4.78 is 6.50. The van der Waals surface area contributed by atoms with Crippen LogP contribution in [0.4, 0.5) is 5.69 Å². The molecule has 28 heavy (non-hydrogen) atoms. The van der Waals surface area contributed by atoms with Gasteiger partial charge in [-0.05, 0) is 55.0 Å². The number of hydrogen-bond donors (Lipinski definition) is 0. The van der Waals surface area contributed by atoms with Gasteiger partial charge in [0.25, 0.3) is 0 Å². The summed E-state index contributed by atoms with van der Waals surface area (Å²) in [5, 5.41) is 4.13. The third-order valence-corrected chi connectivity index (χ3v) is 6.15. The van der Waals surface area contributed by atoms with E-state index >= 15 is 0 Å². The van der Waals surface area contributed by atoms with Crippen LogP contribution in [0.3, 0.4) is 0 Å². The van der Waals surface area contributed by atoms with Crippen molar-refractivity contribution in [2.45, 2.75) is 38.0 Å². The van der Waals surface area contributed by atoms with E-state index in [9.17, 15) is 4.79 Å². The van der Waals surface area contributed by atoms with Gasteiger partial charge in [-0.1, -0.05) is 45.4 Å². The van der Waals surface area contributed by atoms with Crippen molar-refractivity contribution < 1.29 is 9.32 Å². The van der Waals surface area contributed by atoms with Crippen molar-refractivity contribution in [3.8, 4) is 11.4 Å². The molecule has 0 radical (unpaired) electrons. The molecule has 0 spiro atoms. The Morgan fingerprint density at radius 1 is 1.11 bits per heavy atom. The fraction of sp³-hybridized carbons (Fsp3) is 0.318. The molecule has 1 aliphatic heterocycles. The molecular weight excluding hydrogens is 418 g/mol. The van der Waals surface area contributed by atoms with E-state index in [1.54, 1.807) is 0 Å². The van der Waals surface area contributed by atoms with Crippen LogP contribution in [0.2, 0.25) is 0 Å². The lowest BCUT2D eigenvalue weighted by atomic mass is 9.90. The normalized spacial score (nSPS) is 19.1. The summed E-state index contributed by atoms with van der Waals surface area (Å²) in [6, 6.07) is 14.1. The number of halogens is 1. The Morgan fingerprint density at radius 2 is 1.96 bits per heavy atom. The first-order valence-electron chi connectivity index (χ1n) is 9.70. The van der Waals surface area contributed by atoms with Gasteiger partial charge in [-0.25, -0.2) is 0 Å². The van der Waals surface area contributed by atoms with Crippen molar-refractivity contribution >= 4 is 27.5 Å². The van der Waals surface area contributed by atoms with Gasteiger partial charge in [0.05, 0.1) is 5.92 Å². The topological polar surface area (TPSA) is 59.2 Å². The van der Waals surface area contributed by atoms with Crippen LogP contribution in [-0.2, 0) is 17.6 Å². The summed E-state index contributed by atoms with van der Waals surface area (Å²) >= 11 is 3.47. The molecule has 5 rings (SSSR count). The smallest absolute Gasteiger partial charge is 0.232 e. The molecule has 2 heterocycles. The highest BCUT2D eigenvalue weighted by Gasteiger charge is 2.36. The highest BCUT2D eigenvalue weighted by molar-refractivity contribution is 9.10. The Balaban J connectivity index is 1.41. The Bertz CT molecular complexity index is 1050. The summed E-state index contributed by atoms with van der Waals surface area (Å²) in [6.07, 6.45) is 4.98. The first-order chi connectivity index (χ1) is 13.7. The number of fused-ring (bicyclic) bond motifs is 1. The molecule has 5 nitrogen and oxygen atoms in total. The van der Waals surface area contributed by atoms with E-state index in [0.717, 1.165) is 28.6 Å². The van der Waals surface area contributed by atoms with Crippen molar-refractivity contribution in [2.75, 3.05) is 11.4 Å². The number of carbonyl (C=O) groups is 1. The van der Waals surface area contributed by atoms with Crippen LogP contribution in [0.5, 0.6) is 0 Å². The second-order valence-electron chi connectivity index (χ2n) is 7.49. The Kier molecular flexibility index (Phi) is 4.51. The molecule has 142 valence electrons. The second kappa shape index (κ2) is 7.17. The third-order valence-electron chi connectivity index (χ3n) is 5.66. The number of aryl methyl sites for hydroxylation is 1. The number of aromatic nitrogens is 2. The molecule has 6 heteroatoms. The molecule has 1 atom stereocenters. The zero-order valence-electron chi connectivity index (χ0n) is 15.4. The van der Waals surface area contributed by atoms with Crippen LogP contribution >= 0.6 is 15.9 Å². The molecule has 1 fully saturated rings. The van der Waals surface area contributed by atoms with Crippen molar-refractivity contribution in [1.29, 1.82) is 0 Å². The summed E-state index contributed by atoms with van der Waals surface area (Å²) in [5.74, 6) is 1.15. The highest BCUT2D eigenvalue weighted by atomic mass is 79.9. The van der Waals surface area contributed by atoms with Gasteiger partial charge in [-0.15, -0.1) is 0 Å². The molecule has 0 N–H and O–H groups in total. The Labute approximate surface area is 171 Å². The van der Waals surface area contributed by atoms with Gasteiger partial charge in [-0.3, -0.25) is 4.79 Å². The first kappa shape index (κ1) is 17.6. The van der Waals surface area contributed by atoms with Crippen LogP contribution in [0, 0.1) is 0 Å². The summed E-state index contributed by atoms with van der Waals surface area (Å²) in [4.78, 5) is 19.3. The van der Waals surface area contributed by atoms with Gasteiger partial charge in [0.1, 0.15) is 0 Å². The summed E-state index contributed by atoms with van der Waals surface area (Å²) in [6.45, 7) is 0.593. The van der Waals surface area contributed by atoms with Crippen LogP contribution in [0.1, 0.15) is 42.2 Å². The summed E-state index contributed by atoms with van der Waals surface area (Å²) in [7, 11) is 0. The van der Waals surface area contributed by atoms with Crippen LogP contribution in [0.15, 0.2) is 51.5 Å². The van der Waals surface area contributed by atoms with E-state index in [0.29, 0.717) is 24.7 Å². The fourth-order valence-corrected chi connectivity index (χ4v) is 4.66. The fourth-order valence-electron chi connectivity index (χ4n) is 4.27. The van der Waals surface area contributed by atoms with E-state index in [4.69, 9.17) is 4.52 Å². The average molecular weight is 438 g/mol. The number of rotatable bonds is 3. The zero-order chi connectivity index (χ0) is 19.1. The molecule has 2 aliphatic rings. The van der Waals surface area contributed by atoms with Crippen LogP contribution in [-0.4, -0.2) is 22.6 Å². The van der Waals surface area contributed by atoms with Gasteiger partial charge < -0.3 is 9.42 Å². The van der Waals surface area contributed by atoms with Gasteiger partial charge in [0.15, 0.2) is 0 Å². The predicted octanol–water partition coefficient (Wildman–Crippen LogP) is 4.90. The standard InChI is InChI=1S/C22H20BrN3O2/c23-17-8-3-7-15(11-17)21-24-22(28-25-21)16-12-20(27)26(13-16)19-10-4-6-14-5-1-2-9-18(14)19/h3-4,6-8,10-11,16H,1-2,5,9,12-13H2. The maximum atomic E-state index is 12.8. The van der Waals surface area contributed by atoms with Gasteiger partial charge in [0, 0.05) is 28.7 Å². The molecule has 0 saturated carbocycles. The molecular formula is C22H20BrN3O2. The van der Waals surface area contributed by atoms with Crippen molar-refractivity contribution in [3.63, 3.8) is 0 Å². The molecule has 1 amide bonds. The van der Waals surface area contributed by atoms with Gasteiger partial charge in [0.2, 0.25) is 17.6 Å². The molecule has 1 saturated heterocycles. The Hall–Kier alpha value is -2.47. The number of benzene rings is 2. The number of hydrogen-bond acceptors (Lipinski definition) is 4. The van der Waals surface area contributed by atoms with E-state index in [1.165, 1.54) is 24.0 Å². The Morgan fingerprint density at radius 3 is 2.86 bits per heavy atom. The second-order valence-corrected chi connectivity index (χ2v) is 8.41. The number of amides is 1. The van der Waals surface area contributed by atoms with E-state index < -0.39 is 0 Å². The lowest BCUT2D eigenvalue weighted by molar-refractivity contribution is -0.117. The molecule has 0 bridgehead atoms.